The minimum atomic E-state index is 0.276. The summed E-state index contributed by atoms with van der Waals surface area (Å²) in [7, 11) is 0. The molecule has 0 aliphatic heterocycles. The minimum absolute atomic E-state index is 0.276. The van der Waals surface area contributed by atoms with Crippen LogP contribution in [0.4, 0.5) is 0 Å². The lowest BCUT2D eigenvalue weighted by molar-refractivity contribution is 0.362. The molecule has 0 amide bonds. The van der Waals surface area contributed by atoms with Crippen LogP contribution in [0, 0.1) is 5.41 Å². The average Bonchev–Trinajstić information content (AvgIpc) is 2.75. The topological polar surface area (TPSA) is 0 Å². The molecule has 0 nitrogen and oxygen atoms in total. The first-order valence-electron chi connectivity index (χ1n) is 10.5. The molecule has 144 valence electrons. The minimum Gasteiger partial charge on any atom is -0.0649 e. The smallest absolute Gasteiger partial charge is 0.0218 e. The van der Waals surface area contributed by atoms with Crippen LogP contribution < -0.4 is 0 Å². The van der Waals surface area contributed by atoms with Gasteiger partial charge >= 0.3 is 0 Å². The van der Waals surface area contributed by atoms with E-state index in [1.165, 1.54) is 34.3 Å². The zero-order valence-electron chi connectivity index (χ0n) is 17.5. The molecule has 0 saturated carbocycles. The number of aryl methyl sites for hydroxylation is 1. The van der Waals surface area contributed by atoms with Crippen molar-refractivity contribution in [3.8, 4) is 0 Å². The molecule has 0 N–H and O–H groups in total. The highest BCUT2D eigenvalue weighted by atomic mass is 14.3. The highest BCUT2D eigenvalue weighted by Gasteiger charge is 2.21. The van der Waals surface area contributed by atoms with Gasteiger partial charge in [-0.2, -0.15) is 0 Å². The lowest BCUT2D eigenvalue weighted by Crippen LogP contribution is -2.11. The molecule has 0 radical (unpaired) electrons. The van der Waals surface area contributed by atoms with Gasteiger partial charge in [0, 0.05) is 0 Å². The Morgan fingerprint density at radius 1 is 0.643 bits per heavy atom. The second-order valence-electron chi connectivity index (χ2n) is 8.37. The van der Waals surface area contributed by atoms with Gasteiger partial charge in [0.2, 0.25) is 0 Å². The number of benzene rings is 3. The van der Waals surface area contributed by atoms with Crippen LogP contribution in [-0.4, -0.2) is 0 Å². The van der Waals surface area contributed by atoms with Gasteiger partial charge < -0.3 is 0 Å². The number of hydrogen-bond acceptors (Lipinski definition) is 0. The van der Waals surface area contributed by atoms with Crippen LogP contribution in [0.1, 0.15) is 56.7 Å². The molecule has 0 saturated heterocycles. The monoisotopic (exact) mass is 368 g/mol. The molecule has 3 aromatic carbocycles. The Kier molecular flexibility index (Phi) is 6.87. The fraction of sp³-hybridized carbons (Fsp3) is 0.286. The van der Waals surface area contributed by atoms with E-state index in [1.54, 1.807) is 0 Å². The summed E-state index contributed by atoms with van der Waals surface area (Å²) in [5.74, 6) is 0. The maximum atomic E-state index is 2.38. The van der Waals surface area contributed by atoms with E-state index in [0.29, 0.717) is 0 Å². The molecule has 0 heteroatoms. The van der Waals surface area contributed by atoms with Crippen LogP contribution in [0.2, 0.25) is 0 Å². The van der Waals surface area contributed by atoms with Gasteiger partial charge in [-0.1, -0.05) is 118 Å². The fourth-order valence-electron chi connectivity index (χ4n) is 3.65. The molecule has 0 atom stereocenters. The van der Waals surface area contributed by atoms with Gasteiger partial charge in [-0.25, -0.2) is 0 Å². The predicted octanol–water partition coefficient (Wildman–Crippen LogP) is 8.06. The summed E-state index contributed by atoms with van der Waals surface area (Å²) in [5, 5.41) is 0. The fourth-order valence-corrected chi connectivity index (χ4v) is 3.65. The Bertz CT molecular complexity index is 871. The zero-order chi connectivity index (χ0) is 19.8. The summed E-state index contributed by atoms with van der Waals surface area (Å²) < 4.78 is 0. The number of hydrogen-bond donors (Lipinski definition) is 0. The van der Waals surface area contributed by atoms with E-state index in [9.17, 15) is 0 Å². The summed E-state index contributed by atoms with van der Waals surface area (Å²) in [6.45, 7) is 7.07. The Morgan fingerprint density at radius 2 is 1.11 bits per heavy atom. The summed E-state index contributed by atoms with van der Waals surface area (Å²) in [4.78, 5) is 0. The quantitative estimate of drug-likeness (QED) is 0.353. The van der Waals surface area contributed by atoms with E-state index in [0.717, 1.165) is 19.3 Å². The first-order valence-corrected chi connectivity index (χ1v) is 10.5. The molecule has 3 aromatic rings. The zero-order valence-corrected chi connectivity index (χ0v) is 17.5. The van der Waals surface area contributed by atoms with Crippen LogP contribution in [-0.2, 0) is 6.42 Å². The Balaban J connectivity index is 2.08. The standard InChI is InChI=1S/C28H32/c1-4-28(2,3)22-27(25-18-12-7-13-19-25)26(24-16-10-6-11-17-24)21-20-23-14-8-5-9-15-23/h5-19H,4,20-22H2,1-3H3. The van der Waals surface area contributed by atoms with E-state index in [2.05, 4.69) is 112 Å². The van der Waals surface area contributed by atoms with Crippen LogP contribution in [0.3, 0.4) is 0 Å². The normalized spacial score (nSPS) is 12.5. The van der Waals surface area contributed by atoms with Crippen molar-refractivity contribution >= 4 is 11.1 Å². The second kappa shape index (κ2) is 9.55. The molecule has 3 rings (SSSR count). The van der Waals surface area contributed by atoms with Gasteiger partial charge in [-0.3, -0.25) is 0 Å². The van der Waals surface area contributed by atoms with E-state index in [-0.39, 0.29) is 5.41 Å². The van der Waals surface area contributed by atoms with E-state index in [1.807, 2.05) is 0 Å². The van der Waals surface area contributed by atoms with Crippen molar-refractivity contribution in [3.05, 3.63) is 108 Å². The first kappa shape index (κ1) is 20.1. The lowest BCUT2D eigenvalue weighted by Gasteiger charge is -2.27. The molecule has 0 fully saturated rings. The average molecular weight is 369 g/mol. The van der Waals surface area contributed by atoms with Crippen molar-refractivity contribution in [1.29, 1.82) is 0 Å². The van der Waals surface area contributed by atoms with Crippen LogP contribution in [0.15, 0.2) is 91.0 Å². The first-order chi connectivity index (χ1) is 13.6. The predicted molar refractivity (Wildman–Crippen MR) is 123 cm³/mol. The summed E-state index contributed by atoms with van der Waals surface area (Å²) in [6, 6.07) is 32.8. The van der Waals surface area contributed by atoms with Gasteiger partial charge in [0.25, 0.3) is 0 Å². The maximum Gasteiger partial charge on any atom is -0.0218 e. The third kappa shape index (κ3) is 5.45. The molecule has 0 aromatic heterocycles. The highest BCUT2D eigenvalue weighted by Crippen LogP contribution is 2.39. The summed E-state index contributed by atoms with van der Waals surface area (Å²) in [5.41, 5.74) is 7.36. The molecule has 0 spiro atoms. The van der Waals surface area contributed by atoms with Gasteiger partial charge in [0.1, 0.15) is 0 Å². The van der Waals surface area contributed by atoms with Crippen molar-refractivity contribution in [3.63, 3.8) is 0 Å². The van der Waals surface area contributed by atoms with Crippen molar-refractivity contribution < 1.29 is 0 Å². The Labute approximate surface area is 171 Å². The van der Waals surface area contributed by atoms with Crippen molar-refractivity contribution in [2.24, 2.45) is 5.41 Å². The molecular formula is C28H32. The van der Waals surface area contributed by atoms with Gasteiger partial charge in [-0.05, 0) is 52.5 Å². The molecule has 0 bridgehead atoms. The van der Waals surface area contributed by atoms with Gasteiger partial charge in [0.15, 0.2) is 0 Å². The van der Waals surface area contributed by atoms with E-state index < -0.39 is 0 Å². The maximum absolute atomic E-state index is 2.38. The van der Waals surface area contributed by atoms with E-state index >= 15 is 0 Å². The summed E-state index contributed by atoms with van der Waals surface area (Å²) in [6.07, 6.45) is 4.38. The van der Waals surface area contributed by atoms with Crippen LogP contribution in [0.25, 0.3) is 11.1 Å². The molecule has 0 aliphatic carbocycles. The molecule has 0 heterocycles. The Morgan fingerprint density at radius 3 is 1.61 bits per heavy atom. The van der Waals surface area contributed by atoms with E-state index in [4.69, 9.17) is 0 Å². The second-order valence-corrected chi connectivity index (χ2v) is 8.37. The van der Waals surface area contributed by atoms with Gasteiger partial charge in [0.05, 0.1) is 0 Å². The third-order valence-electron chi connectivity index (χ3n) is 5.73. The van der Waals surface area contributed by atoms with Crippen molar-refractivity contribution in [2.75, 3.05) is 0 Å². The lowest BCUT2D eigenvalue weighted by atomic mass is 9.78. The number of allylic oxidation sites excluding steroid dienone is 2. The van der Waals surface area contributed by atoms with Crippen LogP contribution in [0.5, 0.6) is 0 Å². The van der Waals surface area contributed by atoms with Crippen LogP contribution >= 0.6 is 0 Å². The van der Waals surface area contributed by atoms with Gasteiger partial charge in [-0.15, -0.1) is 0 Å². The van der Waals surface area contributed by atoms with Crippen molar-refractivity contribution in [2.45, 2.75) is 46.5 Å². The van der Waals surface area contributed by atoms with Crippen molar-refractivity contribution in [1.82, 2.24) is 0 Å². The molecule has 28 heavy (non-hydrogen) atoms. The molecule has 0 aliphatic rings. The molecule has 0 unspecified atom stereocenters. The number of rotatable bonds is 8. The SMILES string of the molecule is CCC(C)(C)CC(=C(CCc1ccccc1)c1ccccc1)c1ccccc1. The highest BCUT2D eigenvalue weighted by molar-refractivity contribution is 5.91. The summed E-state index contributed by atoms with van der Waals surface area (Å²) >= 11 is 0. The largest absolute Gasteiger partial charge is 0.0649 e. The molecular weight excluding hydrogens is 336 g/mol. The Hall–Kier alpha value is -2.60. The third-order valence-corrected chi connectivity index (χ3v) is 5.73.